The van der Waals surface area contributed by atoms with Crippen molar-refractivity contribution in [1.82, 2.24) is 19.5 Å². The van der Waals surface area contributed by atoms with E-state index in [0.717, 1.165) is 23.4 Å². The first-order valence-electron chi connectivity index (χ1n) is 9.58. The molecule has 1 saturated heterocycles. The minimum atomic E-state index is -4.57. The second-order valence-corrected chi connectivity index (χ2v) is 8.49. The Labute approximate surface area is 170 Å². The normalized spacial score (nSPS) is 18.0. The van der Waals surface area contributed by atoms with Crippen molar-refractivity contribution in [3.05, 3.63) is 41.0 Å². The van der Waals surface area contributed by atoms with E-state index in [4.69, 9.17) is 0 Å². The number of fused-ring (bicyclic) bond motifs is 1. The maximum atomic E-state index is 13.8. The van der Waals surface area contributed by atoms with Crippen LogP contribution < -0.4 is 0 Å². The van der Waals surface area contributed by atoms with E-state index in [2.05, 4.69) is 10.1 Å². The van der Waals surface area contributed by atoms with Gasteiger partial charge in [-0.3, -0.25) is 4.79 Å². The van der Waals surface area contributed by atoms with Gasteiger partial charge in [-0.05, 0) is 36.8 Å². The second-order valence-electron chi connectivity index (χ2n) is 7.54. The number of hydrogen-bond donors (Lipinski definition) is 0. The molecule has 1 fully saturated rings. The fourth-order valence-electron chi connectivity index (χ4n) is 3.74. The minimum absolute atomic E-state index is 0.00460. The first-order chi connectivity index (χ1) is 13.8. The van der Waals surface area contributed by atoms with Crippen molar-refractivity contribution in [3.63, 3.8) is 0 Å². The Hall–Kier alpha value is -2.42. The Morgan fingerprint density at radius 2 is 2.07 bits per heavy atom. The number of carbonyl (C=O) groups is 1. The predicted molar refractivity (Wildman–Crippen MR) is 104 cm³/mol. The van der Waals surface area contributed by atoms with E-state index in [1.165, 1.54) is 11.3 Å². The van der Waals surface area contributed by atoms with Crippen molar-refractivity contribution in [2.45, 2.75) is 45.3 Å². The second kappa shape index (κ2) is 7.44. The van der Waals surface area contributed by atoms with Gasteiger partial charge in [-0.1, -0.05) is 19.9 Å². The molecular weight excluding hydrogens is 401 g/mol. The van der Waals surface area contributed by atoms with Crippen LogP contribution in [0, 0.1) is 5.92 Å². The van der Waals surface area contributed by atoms with Crippen molar-refractivity contribution < 1.29 is 18.0 Å². The zero-order chi connectivity index (χ0) is 20.8. The Morgan fingerprint density at radius 1 is 1.28 bits per heavy atom. The number of alkyl halides is 3. The number of aromatic nitrogens is 3. The van der Waals surface area contributed by atoms with Gasteiger partial charge in [-0.2, -0.15) is 18.3 Å². The van der Waals surface area contributed by atoms with E-state index < -0.39 is 11.9 Å². The summed E-state index contributed by atoms with van der Waals surface area (Å²) < 4.78 is 42.1. The fraction of sp³-hybridized carbons (Fsp3) is 0.450. The summed E-state index contributed by atoms with van der Waals surface area (Å²) in [5.74, 6) is -0.183. The van der Waals surface area contributed by atoms with Crippen LogP contribution in [0.5, 0.6) is 0 Å². The van der Waals surface area contributed by atoms with Crippen molar-refractivity contribution in [3.8, 4) is 10.6 Å². The zero-order valence-electron chi connectivity index (χ0n) is 16.1. The highest BCUT2D eigenvalue weighted by Crippen LogP contribution is 2.36. The summed E-state index contributed by atoms with van der Waals surface area (Å²) in [5.41, 5.74) is 0.000464. The predicted octanol–water partition coefficient (Wildman–Crippen LogP) is 5.19. The summed E-state index contributed by atoms with van der Waals surface area (Å²) in [6, 6.07) is 5.81. The lowest BCUT2D eigenvalue weighted by atomic mass is 9.97. The maximum absolute atomic E-state index is 13.8. The number of thiophene rings is 1. The van der Waals surface area contributed by atoms with Gasteiger partial charge in [0.05, 0.1) is 22.3 Å². The van der Waals surface area contributed by atoms with Crippen molar-refractivity contribution in [1.29, 1.82) is 0 Å². The van der Waals surface area contributed by atoms with Crippen molar-refractivity contribution in [2.24, 2.45) is 5.92 Å². The number of hydrogen-bond acceptors (Lipinski definition) is 4. The van der Waals surface area contributed by atoms with Crippen molar-refractivity contribution in [2.75, 3.05) is 6.54 Å². The van der Waals surface area contributed by atoms with Gasteiger partial charge in [-0.25, -0.2) is 9.50 Å². The van der Waals surface area contributed by atoms with Gasteiger partial charge in [0.1, 0.15) is 0 Å². The van der Waals surface area contributed by atoms with Gasteiger partial charge in [0.15, 0.2) is 11.3 Å². The highest BCUT2D eigenvalue weighted by molar-refractivity contribution is 7.13. The van der Waals surface area contributed by atoms with E-state index in [0.29, 0.717) is 23.5 Å². The third-order valence-electron chi connectivity index (χ3n) is 5.13. The van der Waals surface area contributed by atoms with E-state index in [1.807, 2.05) is 13.8 Å². The molecule has 1 aliphatic heterocycles. The third kappa shape index (κ3) is 3.75. The first kappa shape index (κ1) is 19.9. The SMILES string of the molecule is CC(C)C(=O)N1CCCC[C@@H]1c1cc2nc(-c3cccs3)cc(C(F)(F)F)n2n1. The van der Waals surface area contributed by atoms with Crippen molar-refractivity contribution >= 4 is 22.9 Å². The quantitative estimate of drug-likeness (QED) is 0.584. The molecule has 1 amide bonds. The van der Waals surface area contributed by atoms with E-state index >= 15 is 0 Å². The standard InChI is InChI=1S/C20H21F3N4OS/c1-12(2)19(28)26-8-4-3-6-15(26)13-11-18-24-14(16-7-5-9-29-16)10-17(20(21,22)23)27(18)25-13/h5,7,9-12,15H,3-4,6,8H2,1-2H3/t15-/m1/s1. The molecule has 0 radical (unpaired) electrons. The molecule has 1 aliphatic rings. The Balaban J connectivity index is 1.83. The van der Waals surface area contributed by atoms with Crippen LogP contribution in [0.15, 0.2) is 29.6 Å². The molecule has 1 atom stereocenters. The molecule has 3 aromatic heterocycles. The van der Waals surface area contributed by atoms with Crippen LogP contribution >= 0.6 is 11.3 Å². The van der Waals surface area contributed by atoms with Crippen LogP contribution in [0.3, 0.4) is 0 Å². The molecule has 4 heterocycles. The van der Waals surface area contributed by atoms with Crippen LogP contribution in [0.4, 0.5) is 13.2 Å². The summed E-state index contributed by atoms with van der Waals surface area (Å²) in [5, 5.41) is 6.06. The maximum Gasteiger partial charge on any atom is 0.433 e. The average molecular weight is 422 g/mol. The van der Waals surface area contributed by atoms with E-state index in [-0.39, 0.29) is 29.2 Å². The zero-order valence-corrected chi connectivity index (χ0v) is 16.9. The number of piperidine rings is 1. The van der Waals surface area contributed by atoms with Crippen LogP contribution in [-0.4, -0.2) is 31.9 Å². The smallest absolute Gasteiger partial charge is 0.334 e. The van der Waals surface area contributed by atoms with Gasteiger partial charge in [-0.15, -0.1) is 11.3 Å². The largest absolute Gasteiger partial charge is 0.433 e. The van der Waals surface area contributed by atoms with Gasteiger partial charge < -0.3 is 4.90 Å². The topological polar surface area (TPSA) is 50.5 Å². The minimum Gasteiger partial charge on any atom is -0.334 e. The molecule has 0 aliphatic carbocycles. The van der Waals surface area contributed by atoms with Crippen LogP contribution in [0.1, 0.15) is 50.5 Å². The lowest BCUT2D eigenvalue weighted by molar-refractivity contribution is -0.143. The molecule has 0 spiro atoms. The monoisotopic (exact) mass is 422 g/mol. The molecule has 3 aromatic rings. The first-order valence-corrected chi connectivity index (χ1v) is 10.5. The molecule has 0 saturated carbocycles. The highest BCUT2D eigenvalue weighted by Gasteiger charge is 2.37. The molecule has 154 valence electrons. The Bertz CT molecular complexity index is 1030. The van der Waals surface area contributed by atoms with Crippen LogP contribution in [0.2, 0.25) is 0 Å². The molecule has 0 bridgehead atoms. The average Bonchev–Trinajstić information content (AvgIpc) is 3.35. The third-order valence-corrected chi connectivity index (χ3v) is 6.02. The summed E-state index contributed by atoms with van der Waals surface area (Å²) in [7, 11) is 0. The Morgan fingerprint density at radius 3 is 2.72 bits per heavy atom. The van der Waals surface area contributed by atoms with Gasteiger partial charge >= 0.3 is 6.18 Å². The lowest BCUT2D eigenvalue weighted by Crippen LogP contribution is -2.40. The number of carbonyl (C=O) groups excluding carboxylic acids is 1. The van der Waals surface area contributed by atoms with Crippen LogP contribution in [0.25, 0.3) is 16.2 Å². The lowest BCUT2D eigenvalue weighted by Gasteiger charge is -2.35. The summed E-state index contributed by atoms with van der Waals surface area (Å²) in [6.45, 7) is 4.25. The van der Waals surface area contributed by atoms with E-state index in [9.17, 15) is 18.0 Å². The molecule has 0 aromatic carbocycles. The molecular formula is C20H21F3N4OS. The number of likely N-dealkylation sites (tertiary alicyclic amines) is 1. The molecule has 29 heavy (non-hydrogen) atoms. The summed E-state index contributed by atoms with van der Waals surface area (Å²) in [4.78, 5) is 19.5. The number of nitrogens with zero attached hydrogens (tertiary/aromatic N) is 4. The highest BCUT2D eigenvalue weighted by atomic mass is 32.1. The van der Waals surface area contributed by atoms with E-state index in [1.54, 1.807) is 28.5 Å². The summed E-state index contributed by atoms with van der Waals surface area (Å²) in [6.07, 6.45) is -2.10. The Kier molecular flexibility index (Phi) is 5.10. The molecule has 5 nitrogen and oxygen atoms in total. The molecule has 9 heteroatoms. The van der Waals surface area contributed by atoms with Gasteiger partial charge in [0, 0.05) is 18.5 Å². The van der Waals surface area contributed by atoms with Crippen LogP contribution in [-0.2, 0) is 11.0 Å². The molecule has 0 N–H and O–H groups in total. The van der Waals surface area contributed by atoms with Gasteiger partial charge in [0.25, 0.3) is 0 Å². The molecule has 0 unspecified atom stereocenters. The number of rotatable bonds is 3. The van der Waals surface area contributed by atoms with Gasteiger partial charge in [0.2, 0.25) is 5.91 Å². The number of amides is 1. The fourth-order valence-corrected chi connectivity index (χ4v) is 4.43. The summed E-state index contributed by atoms with van der Waals surface area (Å²) >= 11 is 1.33. The number of halogens is 3. The molecule has 4 rings (SSSR count).